The fraction of sp³-hybridized carbons (Fsp3) is 0.588. The lowest BCUT2D eigenvalue weighted by molar-refractivity contribution is -0.140. The molecular weight excluding hydrogens is 328 g/mol. The molecule has 2 aliphatic rings. The molecule has 1 unspecified atom stereocenters. The van der Waals surface area contributed by atoms with Crippen LogP contribution < -0.4 is 0 Å². The molecule has 0 saturated carbocycles. The molecule has 2 heterocycles. The molecule has 0 aromatic heterocycles. The van der Waals surface area contributed by atoms with Gasteiger partial charge in [0.05, 0.1) is 4.90 Å². The molecule has 7 heteroatoms. The Morgan fingerprint density at radius 1 is 1.17 bits per heavy atom. The van der Waals surface area contributed by atoms with Crippen LogP contribution in [0, 0.1) is 6.92 Å². The molecule has 0 N–H and O–H groups in total. The van der Waals surface area contributed by atoms with Crippen LogP contribution in [0.3, 0.4) is 0 Å². The van der Waals surface area contributed by atoms with E-state index < -0.39 is 10.0 Å². The van der Waals surface area contributed by atoms with Gasteiger partial charge >= 0.3 is 0 Å². The molecular formula is C17H24N2O4S. The van der Waals surface area contributed by atoms with Crippen LogP contribution in [0.1, 0.15) is 24.8 Å². The number of sulfonamides is 1. The molecule has 24 heavy (non-hydrogen) atoms. The number of hydrogen-bond acceptors (Lipinski definition) is 4. The summed E-state index contributed by atoms with van der Waals surface area (Å²) in [7, 11) is -3.51. The zero-order valence-electron chi connectivity index (χ0n) is 14.0. The Bertz CT molecular complexity index is 698. The second-order valence-electron chi connectivity index (χ2n) is 6.40. The number of benzene rings is 1. The number of rotatable bonds is 3. The van der Waals surface area contributed by atoms with Crippen molar-refractivity contribution in [2.45, 2.75) is 37.2 Å². The highest BCUT2D eigenvalue weighted by Crippen LogP contribution is 2.20. The van der Waals surface area contributed by atoms with Crippen LogP contribution >= 0.6 is 0 Å². The van der Waals surface area contributed by atoms with Gasteiger partial charge in [0.25, 0.3) is 5.91 Å². The molecule has 0 spiro atoms. The minimum atomic E-state index is -3.51. The highest BCUT2D eigenvalue weighted by atomic mass is 32.2. The largest absolute Gasteiger partial charge is 0.368 e. The maximum atomic E-state index is 12.8. The number of nitrogens with zero attached hydrogens (tertiary/aromatic N) is 2. The maximum Gasteiger partial charge on any atom is 0.251 e. The van der Waals surface area contributed by atoms with E-state index in [9.17, 15) is 13.2 Å². The van der Waals surface area contributed by atoms with Gasteiger partial charge < -0.3 is 9.64 Å². The van der Waals surface area contributed by atoms with Crippen molar-refractivity contribution in [2.75, 3.05) is 32.8 Å². The normalized spacial score (nSPS) is 23.2. The summed E-state index contributed by atoms with van der Waals surface area (Å²) in [5.74, 6) is 0.00213. The van der Waals surface area contributed by atoms with Gasteiger partial charge in [0.15, 0.2) is 0 Å². The van der Waals surface area contributed by atoms with Gasteiger partial charge in [0, 0.05) is 32.8 Å². The maximum absolute atomic E-state index is 12.8. The first-order chi connectivity index (χ1) is 11.5. The van der Waals surface area contributed by atoms with Crippen molar-refractivity contribution >= 4 is 15.9 Å². The fourth-order valence-electron chi connectivity index (χ4n) is 3.26. The van der Waals surface area contributed by atoms with Gasteiger partial charge in [-0.3, -0.25) is 4.79 Å². The highest BCUT2D eigenvalue weighted by molar-refractivity contribution is 7.89. The van der Waals surface area contributed by atoms with E-state index in [1.165, 1.54) is 4.31 Å². The fourth-order valence-corrected chi connectivity index (χ4v) is 4.83. The molecule has 2 saturated heterocycles. The summed E-state index contributed by atoms with van der Waals surface area (Å²) < 4.78 is 32.6. The lowest BCUT2D eigenvalue weighted by atomic mass is 10.2. The molecule has 1 aromatic carbocycles. The van der Waals surface area contributed by atoms with E-state index in [4.69, 9.17) is 4.74 Å². The summed E-state index contributed by atoms with van der Waals surface area (Å²) in [5.41, 5.74) is 0.918. The SMILES string of the molecule is Cc1cccc(S(=O)(=O)N2CCCN(C(=O)C3CCCO3)CC2)c1. The van der Waals surface area contributed by atoms with E-state index in [2.05, 4.69) is 0 Å². The van der Waals surface area contributed by atoms with Gasteiger partial charge in [-0.2, -0.15) is 4.31 Å². The van der Waals surface area contributed by atoms with E-state index in [0.29, 0.717) is 44.1 Å². The van der Waals surface area contributed by atoms with Crippen LogP contribution in [-0.4, -0.2) is 62.4 Å². The minimum Gasteiger partial charge on any atom is -0.368 e. The van der Waals surface area contributed by atoms with E-state index in [1.54, 1.807) is 23.1 Å². The molecule has 3 rings (SSSR count). The molecule has 132 valence electrons. The standard InChI is InChI=1S/C17H24N2O4S/c1-14-5-2-6-15(13-14)24(21,22)19-9-4-8-18(10-11-19)17(20)16-7-3-12-23-16/h2,5-6,13,16H,3-4,7-12H2,1H3. The van der Waals surface area contributed by atoms with Crippen molar-refractivity contribution in [1.29, 1.82) is 0 Å². The van der Waals surface area contributed by atoms with Crippen molar-refractivity contribution in [3.63, 3.8) is 0 Å². The first kappa shape index (κ1) is 17.4. The van der Waals surface area contributed by atoms with Gasteiger partial charge in [-0.05, 0) is 43.9 Å². The van der Waals surface area contributed by atoms with Crippen molar-refractivity contribution in [3.8, 4) is 0 Å². The lowest BCUT2D eigenvalue weighted by Crippen LogP contribution is -2.41. The molecule has 1 amide bonds. The Balaban J connectivity index is 1.69. The molecule has 2 fully saturated rings. The van der Waals surface area contributed by atoms with Crippen LogP contribution in [0.15, 0.2) is 29.2 Å². The Morgan fingerprint density at radius 3 is 2.71 bits per heavy atom. The Labute approximate surface area is 143 Å². The third-order valence-electron chi connectivity index (χ3n) is 4.60. The first-order valence-electron chi connectivity index (χ1n) is 8.46. The number of carbonyl (C=O) groups excluding carboxylic acids is 1. The highest BCUT2D eigenvalue weighted by Gasteiger charge is 2.32. The summed E-state index contributed by atoms with van der Waals surface area (Å²) in [6, 6.07) is 6.95. The average Bonchev–Trinajstić information content (AvgIpc) is 2.98. The summed E-state index contributed by atoms with van der Waals surface area (Å²) in [6.07, 6.45) is 1.98. The number of ether oxygens (including phenoxy) is 1. The number of carbonyl (C=O) groups is 1. The monoisotopic (exact) mass is 352 g/mol. The van der Waals surface area contributed by atoms with E-state index in [1.807, 2.05) is 13.0 Å². The molecule has 1 atom stereocenters. The van der Waals surface area contributed by atoms with Crippen LogP contribution in [0.25, 0.3) is 0 Å². The van der Waals surface area contributed by atoms with Crippen molar-refractivity contribution in [3.05, 3.63) is 29.8 Å². The second-order valence-corrected chi connectivity index (χ2v) is 8.34. The van der Waals surface area contributed by atoms with E-state index in [-0.39, 0.29) is 12.0 Å². The van der Waals surface area contributed by atoms with Gasteiger partial charge in [0.1, 0.15) is 6.10 Å². The topological polar surface area (TPSA) is 66.9 Å². The van der Waals surface area contributed by atoms with Gasteiger partial charge in [-0.15, -0.1) is 0 Å². The lowest BCUT2D eigenvalue weighted by Gasteiger charge is -2.24. The zero-order valence-corrected chi connectivity index (χ0v) is 14.8. The Hall–Kier alpha value is -1.44. The van der Waals surface area contributed by atoms with Crippen molar-refractivity contribution in [1.82, 2.24) is 9.21 Å². The summed E-state index contributed by atoms with van der Waals surface area (Å²) in [6.45, 7) is 4.28. The summed E-state index contributed by atoms with van der Waals surface area (Å²) in [4.78, 5) is 14.5. The predicted octanol–water partition coefficient (Wildman–Crippen LogP) is 1.40. The van der Waals surface area contributed by atoms with Gasteiger partial charge in [-0.25, -0.2) is 8.42 Å². The van der Waals surface area contributed by atoms with Gasteiger partial charge in [-0.1, -0.05) is 12.1 Å². The molecule has 0 aliphatic carbocycles. The predicted molar refractivity (Wildman–Crippen MR) is 90.1 cm³/mol. The summed E-state index contributed by atoms with van der Waals surface area (Å²) >= 11 is 0. The average molecular weight is 352 g/mol. The third kappa shape index (κ3) is 3.63. The van der Waals surface area contributed by atoms with Crippen molar-refractivity contribution in [2.24, 2.45) is 0 Å². The van der Waals surface area contributed by atoms with E-state index >= 15 is 0 Å². The van der Waals surface area contributed by atoms with Crippen LogP contribution in [0.2, 0.25) is 0 Å². The number of hydrogen-bond donors (Lipinski definition) is 0. The van der Waals surface area contributed by atoms with Crippen LogP contribution in [0.4, 0.5) is 0 Å². The summed E-state index contributed by atoms with van der Waals surface area (Å²) in [5, 5.41) is 0. The van der Waals surface area contributed by atoms with E-state index in [0.717, 1.165) is 18.4 Å². The molecule has 2 aliphatic heterocycles. The minimum absolute atomic E-state index is 0.00213. The second kappa shape index (κ2) is 7.21. The zero-order chi connectivity index (χ0) is 17.2. The van der Waals surface area contributed by atoms with Crippen molar-refractivity contribution < 1.29 is 17.9 Å². The number of aryl methyl sites for hydroxylation is 1. The van der Waals surface area contributed by atoms with Gasteiger partial charge in [0.2, 0.25) is 10.0 Å². The first-order valence-corrected chi connectivity index (χ1v) is 9.90. The Kier molecular flexibility index (Phi) is 5.22. The Morgan fingerprint density at radius 2 is 2.00 bits per heavy atom. The quantitative estimate of drug-likeness (QED) is 0.825. The molecule has 6 nitrogen and oxygen atoms in total. The molecule has 1 aromatic rings. The van der Waals surface area contributed by atoms with Crippen LogP contribution in [0.5, 0.6) is 0 Å². The third-order valence-corrected chi connectivity index (χ3v) is 6.49. The number of amides is 1. The smallest absolute Gasteiger partial charge is 0.251 e. The molecule has 0 bridgehead atoms. The molecule has 0 radical (unpaired) electrons. The van der Waals surface area contributed by atoms with Crippen LogP contribution in [-0.2, 0) is 19.6 Å².